The Kier molecular flexibility index (Phi) is 4.99. The highest BCUT2D eigenvalue weighted by Crippen LogP contribution is 2.13. The molecule has 0 aliphatic rings. The topological polar surface area (TPSA) is 42.2 Å². The molecule has 0 aromatic heterocycles. The van der Waals surface area contributed by atoms with E-state index in [0.29, 0.717) is 19.6 Å². The van der Waals surface area contributed by atoms with Crippen LogP contribution in [0.3, 0.4) is 0 Å². The average Bonchev–Trinajstić information content (AvgIpc) is 2.26. The van der Waals surface area contributed by atoms with Gasteiger partial charge >= 0.3 is 0 Å². The van der Waals surface area contributed by atoms with Gasteiger partial charge in [-0.3, -0.25) is 0 Å². The minimum Gasteiger partial charge on any atom is -0.491 e. The Balaban J connectivity index is 2.30. The molecule has 1 aromatic carbocycles. The van der Waals surface area contributed by atoms with Crippen molar-refractivity contribution in [2.75, 3.05) is 13.2 Å². The molecule has 0 atom stereocenters. The van der Waals surface area contributed by atoms with Gasteiger partial charge in [-0.2, -0.15) is 5.26 Å². The SMILES string of the molecule is CC(C)(C)OCCOc1ccc(CC#N)cc1. The summed E-state index contributed by atoms with van der Waals surface area (Å²) in [6.07, 6.45) is 0.438. The minimum absolute atomic E-state index is 0.125. The number of benzene rings is 1. The van der Waals surface area contributed by atoms with Crippen molar-refractivity contribution in [3.63, 3.8) is 0 Å². The van der Waals surface area contributed by atoms with Gasteiger partial charge in [0.1, 0.15) is 12.4 Å². The van der Waals surface area contributed by atoms with Crippen LogP contribution in [0.15, 0.2) is 24.3 Å². The molecule has 0 heterocycles. The molecule has 0 saturated carbocycles. The van der Waals surface area contributed by atoms with Gasteiger partial charge in [0.15, 0.2) is 0 Å². The largest absolute Gasteiger partial charge is 0.491 e. The van der Waals surface area contributed by atoms with E-state index >= 15 is 0 Å². The molecule has 0 unspecified atom stereocenters. The third-order valence-electron chi connectivity index (χ3n) is 2.09. The second-order valence-corrected chi connectivity index (χ2v) is 4.79. The van der Waals surface area contributed by atoms with E-state index in [2.05, 4.69) is 6.07 Å². The van der Waals surface area contributed by atoms with E-state index in [9.17, 15) is 0 Å². The molecule has 0 spiro atoms. The van der Waals surface area contributed by atoms with E-state index in [1.165, 1.54) is 0 Å². The fourth-order valence-corrected chi connectivity index (χ4v) is 1.30. The molecule has 0 bridgehead atoms. The minimum atomic E-state index is -0.125. The van der Waals surface area contributed by atoms with E-state index < -0.39 is 0 Å². The lowest BCUT2D eigenvalue weighted by Crippen LogP contribution is -2.22. The van der Waals surface area contributed by atoms with Crippen LogP contribution in [0.5, 0.6) is 5.75 Å². The van der Waals surface area contributed by atoms with Crippen molar-refractivity contribution in [3.8, 4) is 11.8 Å². The second-order valence-electron chi connectivity index (χ2n) is 4.79. The summed E-state index contributed by atoms with van der Waals surface area (Å²) >= 11 is 0. The quantitative estimate of drug-likeness (QED) is 0.734. The predicted octanol–water partition coefficient (Wildman–Crippen LogP) is 2.95. The lowest BCUT2D eigenvalue weighted by atomic mass is 10.2. The number of hydrogen-bond donors (Lipinski definition) is 0. The van der Waals surface area contributed by atoms with E-state index in [-0.39, 0.29) is 5.60 Å². The molecule has 0 N–H and O–H groups in total. The van der Waals surface area contributed by atoms with Gasteiger partial charge in [0.25, 0.3) is 0 Å². The average molecular weight is 233 g/mol. The summed E-state index contributed by atoms with van der Waals surface area (Å²) in [5.41, 5.74) is 0.880. The number of hydrogen-bond acceptors (Lipinski definition) is 3. The summed E-state index contributed by atoms with van der Waals surface area (Å²) in [6.45, 7) is 7.16. The van der Waals surface area contributed by atoms with Gasteiger partial charge in [-0.15, -0.1) is 0 Å². The molecule has 92 valence electrons. The molecule has 17 heavy (non-hydrogen) atoms. The summed E-state index contributed by atoms with van der Waals surface area (Å²) in [6, 6.07) is 9.68. The molecule has 1 rings (SSSR count). The van der Waals surface area contributed by atoms with Crippen molar-refractivity contribution in [1.82, 2.24) is 0 Å². The fraction of sp³-hybridized carbons (Fsp3) is 0.500. The summed E-state index contributed by atoms with van der Waals surface area (Å²) in [4.78, 5) is 0. The van der Waals surface area contributed by atoms with Gasteiger partial charge in [-0.05, 0) is 38.5 Å². The third kappa shape index (κ3) is 5.94. The lowest BCUT2D eigenvalue weighted by Gasteiger charge is -2.19. The Labute approximate surface area is 103 Å². The number of nitriles is 1. The first kappa shape index (κ1) is 13.5. The maximum absolute atomic E-state index is 8.54. The number of ether oxygens (including phenoxy) is 2. The van der Waals surface area contributed by atoms with Crippen LogP contribution in [0.1, 0.15) is 26.3 Å². The second kappa shape index (κ2) is 6.27. The molecule has 3 heteroatoms. The van der Waals surface area contributed by atoms with Crippen molar-refractivity contribution >= 4 is 0 Å². The van der Waals surface area contributed by atoms with E-state index in [4.69, 9.17) is 14.7 Å². The van der Waals surface area contributed by atoms with Crippen molar-refractivity contribution < 1.29 is 9.47 Å². The molecule has 0 aliphatic heterocycles. The number of nitrogens with zero attached hydrogens (tertiary/aromatic N) is 1. The molecular formula is C14H19NO2. The van der Waals surface area contributed by atoms with Crippen LogP contribution in [-0.2, 0) is 11.2 Å². The highest BCUT2D eigenvalue weighted by atomic mass is 16.5. The van der Waals surface area contributed by atoms with Crippen LogP contribution in [0.4, 0.5) is 0 Å². The molecule has 0 saturated heterocycles. The zero-order valence-electron chi connectivity index (χ0n) is 10.7. The normalized spacial score (nSPS) is 10.9. The summed E-state index contributed by atoms with van der Waals surface area (Å²) in [5, 5.41) is 8.54. The monoisotopic (exact) mass is 233 g/mol. The fourth-order valence-electron chi connectivity index (χ4n) is 1.30. The maximum Gasteiger partial charge on any atom is 0.119 e. The van der Waals surface area contributed by atoms with Crippen LogP contribution in [0, 0.1) is 11.3 Å². The summed E-state index contributed by atoms with van der Waals surface area (Å²) in [5.74, 6) is 0.809. The van der Waals surface area contributed by atoms with Gasteiger partial charge in [0.05, 0.1) is 24.7 Å². The maximum atomic E-state index is 8.54. The molecule has 0 fully saturated rings. The van der Waals surface area contributed by atoms with Gasteiger partial charge in [0.2, 0.25) is 0 Å². The van der Waals surface area contributed by atoms with Crippen LogP contribution in [0.2, 0.25) is 0 Å². The van der Waals surface area contributed by atoms with Crippen LogP contribution < -0.4 is 4.74 Å². The molecule has 3 nitrogen and oxygen atoms in total. The molecule has 0 radical (unpaired) electrons. The van der Waals surface area contributed by atoms with Gasteiger partial charge in [-0.25, -0.2) is 0 Å². The zero-order chi connectivity index (χ0) is 12.7. The highest BCUT2D eigenvalue weighted by molar-refractivity contribution is 5.28. The van der Waals surface area contributed by atoms with Crippen LogP contribution in [0.25, 0.3) is 0 Å². The van der Waals surface area contributed by atoms with Crippen molar-refractivity contribution in [2.24, 2.45) is 0 Å². The summed E-state index contributed by atoms with van der Waals surface area (Å²) < 4.78 is 11.1. The Bertz CT molecular complexity index is 371. The molecule has 1 aromatic rings. The summed E-state index contributed by atoms with van der Waals surface area (Å²) in [7, 11) is 0. The van der Waals surface area contributed by atoms with Gasteiger partial charge < -0.3 is 9.47 Å². The van der Waals surface area contributed by atoms with Crippen LogP contribution >= 0.6 is 0 Å². The van der Waals surface area contributed by atoms with Crippen molar-refractivity contribution in [1.29, 1.82) is 5.26 Å². The van der Waals surface area contributed by atoms with Gasteiger partial charge in [0, 0.05) is 0 Å². The van der Waals surface area contributed by atoms with E-state index in [1.807, 2.05) is 45.0 Å². The first-order chi connectivity index (χ1) is 8.01. The highest BCUT2D eigenvalue weighted by Gasteiger charge is 2.09. The third-order valence-corrected chi connectivity index (χ3v) is 2.09. The number of rotatable bonds is 5. The van der Waals surface area contributed by atoms with Crippen molar-refractivity contribution in [3.05, 3.63) is 29.8 Å². The first-order valence-corrected chi connectivity index (χ1v) is 5.74. The molecular weight excluding hydrogens is 214 g/mol. The first-order valence-electron chi connectivity index (χ1n) is 5.74. The van der Waals surface area contributed by atoms with Gasteiger partial charge in [-0.1, -0.05) is 12.1 Å². The van der Waals surface area contributed by atoms with E-state index in [1.54, 1.807) is 0 Å². The van der Waals surface area contributed by atoms with Crippen molar-refractivity contribution in [2.45, 2.75) is 32.8 Å². The Morgan fingerprint density at radius 2 is 1.76 bits per heavy atom. The predicted molar refractivity (Wildman–Crippen MR) is 67.0 cm³/mol. The smallest absolute Gasteiger partial charge is 0.119 e. The van der Waals surface area contributed by atoms with Crippen LogP contribution in [-0.4, -0.2) is 18.8 Å². The molecule has 0 aliphatic carbocycles. The standard InChI is InChI=1S/C14H19NO2/c1-14(2,3)17-11-10-16-13-6-4-12(5-7-13)8-9-15/h4-7H,8,10-11H2,1-3H3. The lowest BCUT2D eigenvalue weighted by molar-refractivity contribution is -0.0163. The Morgan fingerprint density at radius 3 is 2.29 bits per heavy atom. The Hall–Kier alpha value is -1.53. The molecule has 0 amide bonds. The van der Waals surface area contributed by atoms with E-state index in [0.717, 1.165) is 11.3 Å². The zero-order valence-corrected chi connectivity index (χ0v) is 10.7. The Morgan fingerprint density at radius 1 is 1.12 bits per heavy atom.